The number of hydrogen-bond acceptors (Lipinski definition) is 5. The smallest absolute Gasteiger partial charge is 0.387 e. The van der Waals surface area contributed by atoms with Crippen molar-refractivity contribution in [3.63, 3.8) is 0 Å². The summed E-state index contributed by atoms with van der Waals surface area (Å²) in [6.45, 7) is -2.98. The molecule has 0 bridgehead atoms. The molecule has 0 fully saturated rings. The van der Waals surface area contributed by atoms with Gasteiger partial charge in [-0.25, -0.2) is 0 Å². The maximum Gasteiger partial charge on any atom is 0.387 e. The van der Waals surface area contributed by atoms with E-state index in [2.05, 4.69) is 15.2 Å². The summed E-state index contributed by atoms with van der Waals surface area (Å²) in [6.07, 6.45) is -0.517. The van der Waals surface area contributed by atoms with Crippen LogP contribution in [0.3, 0.4) is 0 Å². The van der Waals surface area contributed by atoms with Crippen LogP contribution in [0.15, 0.2) is 47.6 Å². The van der Waals surface area contributed by atoms with Crippen molar-refractivity contribution in [1.82, 2.24) is 0 Å². The van der Waals surface area contributed by atoms with Gasteiger partial charge in [0.1, 0.15) is 11.5 Å². The molecule has 1 unspecified atom stereocenters. The van der Waals surface area contributed by atoms with E-state index in [4.69, 9.17) is 21.2 Å². The third-order valence-electron chi connectivity index (χ3n) is 3.80. The van der Waals surface area contributed by atoms with Crippen molar-refractivity contribution in [1.29, 1.82) is 0 Å². The number of ether oxygens (including phenoxy) is 2. The molecular weight excluding hydrogens is 382 g/mol. The molecule has 6 nitrogen and oxygen atoms in total. The predicted molar refractivity (Wildman–Crippen MR) is 95.7 cm³/mol. The predicted octanol–water partition coefficient (Wildman–Crippen LogP) is 4.08. The van der Waals surface area contributed by atoms with E-state index in [0.717, 1.165) is 5.56 Å². The van der Waals surface area contributed by atoms with E-state index < -0.39 is 18.6 Å². The van der Waals surface area contributed by atoms with Gasteiger partial charge in [-0.15, -0.1) is 0 Å². The Morgan fingerprint density at radius 3 is 2.67 bits per heavy atom. The highest BCUT2D eigenvalue weighted by Gasteiger charge is 2.29. The van der Waals surface area contributed by atoms with E-state index >= 15 is 0 Å². The number of oxime groups is 1. The summed E-state index contributed by atoms with van der Waals surface area (Å²) in [7, 11) is 1.57. The Morgan fingerprint density at radius 1 is 1.30 bits per heavy atom. The number of amides is 1. The first-order valence-electron chi connectivity index (χ1n) is 7.88. The molecule has 2 aromatic carbocycles. The number of carbonyl (C=O) groups excluding carboxylic acids is 1. The number of hydrogen-bond donors (Lipinski definition) is 1. The first kappa shape index (κ1) is 18.9. The van der Waals surface area contributed by atoms with Crippen LogP contribution in [0.2, 0.25) is 5.02 Å². The van der Waals surface area contributed by atoms with Gasteiger partial charge >= 0.3 is 6.61 Å². The van der Waals surface area contributed by atoms with Crippen molar-refractivity contribution >= 4 is 28.9 Å². The summed E-state index contributed by atoms with van der Waals surface area (Å²) in [4.78, 5) is 17.5. The molecule has 1 N–H and O–H groups in total. The Balaban J connectivity index is 1.60. The monoisotopic (exact) mass is 396 g/mol. The third-order valence-corrected chi connectivity index (χ3v) is 4.10. The van der Waals surface area contributed by atoms with Crippen LogP contribution in [-0.2, 0) is 9.63 Å². The number of halogens is 3. The molecule has 2 aromatic rings. The minimum absolute atomic E-state index is 0.0457. The molecule has 27 heavy (non-hydrogen) atoms. The van der Waals surface area contributed by atoms with E-state index in [1.54, 1.807) is 19.2 Å². The summed E-state index contributed by atoms with van der Waals surface area (Å²) >= 11 is 5.87. The largest absolute Gasteiger partial charge is 0.497 e. The zero-order valence-corrected chi connectivity index (χ0v) is 14.9. The second kappa shape index (κ2) is 8.22. The van der Waals surface area contributed by atoms with Crippen molar-refractivity contribution in [2.45, 2.75) is 19.1 Å². The lowest BCUT2D eigenvalue weighted by Crippen LogP contribution is -2.28. The number of anilines is 1. The molecule has 1 amide bonds. The van der Waals surface area contributed by atoms with Gasteiger partial charge in [0.25, 0.3) is 5.91 Å². The van der Waals surface area contributed by atoms with Gasteiger partial charge in [0.2, 0.25) is 6.10 Å². The normalized spacial score (nSPS) is 15.9. The van der Waals surface area contributed by atoms with Gasteiger partial charge in [-0.2, -0.15) is 8.78 Å². The van der Waals surface area contributed by atoms with Crippen LogP contribution in [0.5, 0.6) is 11.5 Å². The van der Waals surface area contributed by atoms with E-state index in [1.165, 1.54) is 18.2 Å². The van der Waals surface area contributed by atoms with Crippen LogP contribution >= 0.6 is 11.6 Å². The van der Waals surface area contributed by atoms with Crippen molar-refractivity contribution in [3.05, 3.63) is 53.1 Å². The maximum absolute atomic E-state index is 12.3. The molecule has 0 aromatic heterocycles. The van der Waals surface area contributed by atoms with E-state index in [-0.39, 0.29) is 10.8 Å². The lowest BCUT2D eigenvalue weighted by Gasteiger charge is -2.11. The number of methoxy groups -OCH3 is 1. The van der Waals surface area contributed by atoms with Gasteiger partial charge in [-0.3, -0.25) is 4.79 Å². The fourth-order valence-corrected chi connectivity index (χ4v) is 2.69. The molecule has 1 aliphatic heterocycles. The molecule has 1 aliphatic rings. The summed E-state index contributed by atoms with van der Waals surface area (Å²) in [5.74, 6) is 0.108. The first-order valence-corrected chi connectivity index (χ1v) is 8.26. The fourth-order valence-electron chi connectivity index (χ4n) is 2.46. The Hall–Kier alpha value is -2.87. The van der Waals surface area contributed by atoms with Crippen molar-refractivity contribution in [2.75, 3.05) is 12.4 Å². The van der Waals surface area contributed by atoms with Crippen molar-refractivity contribution in [3.8, 4) is 11.5 Å². The Morgan fingerprint density at radius 2 is 2.04 bits per heavy atom. The number of benzene rings is 2. The second-order valence-corrected chi connectivity index (χ2v) is 5.98. The number of nitrogens with zero attached hydrogens (tertiary/aromatic N) is 1. The van der Waals surface area contributed by atoms with E-state index in [9.17, 15) is 13.6 Å². The molecule has 9 heteroatoms. The average Bonchev–Trinajstić information content (AvgIpc) is 3.14. The topological polar surface area (TPSA) is 69.2 Å². The molecule has 0 saturated carbocycles. The molecule has 1 heterocycles. The summed E-state index contributed by atoms with van der Waals surface area (Å²) in [5.41, 5.74) is 1.78. The molecular formula is C18H15ClF2N2O4. The molecule has 1 atom stereocenters. The van der Waals surface area contributed by atoms with Crippen LogP contribution in [0.4, 0.5) is 14.5 Å². The maximum atomic E-state index is 12.3. The van der Waals surface area contributed by atoms with Crippen LogP contribution < -0.4 is 14.8 Å². The third kappa shape index (κ3) is 4.65. The van der Waals surface area contributed by atoms with Crippen molar-refractivity contribution < 1.29 is 27.9 Å². The van der Waals surface area contributed by atoms with Crippen LogP contribution in [0.25, 0.3) is 0 Å². The van der Waals surface area contributed by atoms with Crippen molar-refractivity contribution in [2.24, 2.45) is 5.16 Å². The fraction of sp³-hybridized carbons (Fsp3) is 0.222. The SMILES string of the molecule is COc1ccc(C2=NOC(C(=O)Nc3ccc(OC(F)F)c(Cl)c3)C2)cc1. The van der Waals surface area contributed by atoms with Gasteiger partial charge in [0.05, 0.1) is 17.8 Å². The quantitative estimate of drug-likeness (QED) is 0.798. The van der Waals surface area contributed by atoms with Gasteiger partial charge < -0.3 is 19.6 Å². The number of carbonyl (C=O) groups is 1. The molecule has 0 radical (unpaired) electrons. The number of alkyl halides is 2. The number of nitrogens with one attached hydrogen (secondary N) is 1. The Kier molecular flexibility index (Phi) is 5.75. The molecule has 0 spiro atoms. The zero-order chi connectivity index (χ0) is 19.4. The molecule has 0 saturated heterocycles. The summed E-state index contributed by atoms with van der Waals surface area (Å²) in [6, 6.07) is 11.2. The first-order chi connectivity index (χ1) is 13.0. The summed E-state index contributed by atoms with van der Waals surface area (Å²) < 4.78 is 33.8. The summed E-state index contributed by atoms with van der Waals surface area (Å²) in [5, 5.41) is 6.52. The van der Waals surface area contributed by atoms with Crippen LogP contribution in [0, 0.1) is 0 Å². The molecule has 142 valence electrons. The van der Waals surface area contributed by atoms with E-state index in [1.807, 2.05) is 12.1 Å². The van der Waals surface area contributed by atoms with Gasteiger partial charge in [0, 0.05) is 12.1 Å². The minimum atomic E-state index is -2.98. The highest BCUT2D eigenvalue weighted by atomic mass is 35.5. The average molecular weight is 397 g/mol. The molecule has 3 rings (SSSR count). The zero-order valence-electron chi connectivity index (χ0n) is 14.1. The van der Waals surface area contributed by atoms with Crippen LogP contribution in [0.1, 0.15) is 12.0 Å². The minimum Gasteiger partial charge on any atom is -0.497 e. The highest BCUT2D eigenvalue weighted by molar-refractivity contribution is 6.32. The van der Waals surface area contributed by atoms with E-state index in [0.29, 0.717) is 23.6 Å². The lowest BCUT2D eigenvalue weighted by molar-refractivity contribution is -0.125. The standard InChI is InChI=1S/C18H15ClF2N2O4/c1-25-12-5-2-10(3-6-12)14-9-16(27-23-14)17(24)22-11-4-7-15(13(19)8-11)26-18(20)21/h2-8,16,18H,9H2,1H3,(H,22,24). The van der Waals surface area contributed by atoms with Gasteiger partial charge in [0.15, 0.2) is 0 Å². The molecule has 0 aliphatic carbocycles. The Bertz CT molecular complexity index is 859. The number of rotatable bonds is 6. The van der Waals surface area contributed by atoms with Crippen LogP contribution in [-0.4, -0.2) is 31.4 Å². The van der Waals surface area contributed by atoms with Gasteiger partial charge in [-0.05, 0) is 48.0 Å². The second-order valence-electron chi connectivity index (χ2n) is 5.58. The lowest BCUT2D eigenvalue weighted by atomic mass is 10.0. The highest BCUT2D eigenvalue weighted by Crippen LogP contribution is 2.29. The Labute approximate surface area is 158 Å². The van der Waals surface area contributed by atoms with Gasteiger partial charge in [-0.1, -0.05) is 16.8 Å².